The molecule has 3 aromatic rings. The molecule has 0 aliphatic rings. The summed E-state index contributed by atoms with van der Waals surface area (Å²) in [4.78, 5) is 12.8. The van der Waals surface area contributed by atoms with Gasteiger partial charge in [-0.2, -0.15) is 0 Å². The van der Waals surface area contributed by atoms with Crippen molar-refractivity contribution < 1.29 is 26.7 Å². The van der Waals surface area contributed by atoms with E-state index in [-0.39, 0.29) is 24.4 Å². The van der Waals surface area contributed by atoms with Crippen LogP contribution in [0.2, 0.25) is 5.02 Å². The summed E-state index contributed by atoms with van der Waals surface area (Å²) in [6.45, 7) is 0.781. The Morgan fingerprint density at radius 3 is 2.38 bits per heavy atom. The van der Waals surface area contributed by atoms with Gasteiger partial charge in [0.2, 0.25) is 0 Å². The average Bonchev–Trinajstić information content (AvgIpc) is 2.52. The Morgan fingerprint density at radius 1 is 1.12 bits per heavy atom. The number of quaternary nitrogens is 1. The molecule has 0 aliphatic carbocycles. The van der Waals surface area contributed by atoms with Crippen LogP contribution in [0.5, 0.6) is 5.75 Å². The Bertz CT molecular complexity index is 982. The Hall–Kier alpha value is -1.37. The average molecular weight is 414 g/mol. The second-order valence-electron chi connectivity index (χ2n) is 7.17. The van der Waals surface area contributed by atoms with Gasteiger partial charge in [-0.3, -0.25) is 4.79 Å². The second-order valence-corrected chi connectivity index (χ2v) is 8.69. The van der Waals surface area contributed by atoms with Gasteiger partial charge in [0.25, 0.3) is 0 Å². The summed E-state index contributed by atoms with van der Waals surface area (Å²) in [6.07, 6.45) is -0.569. The zero-order valence-corrected chi connectivity index (χ0v) is 17.2. The summed E-state index contributed by atoms with van der Waals surface area (Å²) in [5.74, 6) is 0.582. The molecule has 3 rings (SSSR count). The Kier molecular flexibility index (Phi) is 6.53. The van der Waals surface area contributed by atoms with Crippen LogP contribution in [0.4, 0.5) is 0 Å². The third kappa shape index (κ3) is 4.87. The van der Waals surface area contributed by atoms with Crippen LogP contribution in [0.3, 0.4) is 0 Å². The van der Waals surface area contributed by atoms with E-state index < -0.39 is 6.10 Å². The molecule has 4 nitrogen and oxygen atoms in total. The molecular weight excluding hydrogens is 393 g/mol. The summed E-state index contributed by atoms with van der Waals surface area (Å²) < 4.78 is 8.16. The van der Waals surface area contributed by atoms with Crippen molar-refractivity contribution in [2.75, 3.05) is 34.3 Å². The van der Waals surface area contributed by atoms with E-state index in [2.05, 4.69) is 0 Å². The molecular formula is C19H21Cl2NO3S. The van der Waals surface area contributed by atoms with Crippen LogP contribution in [-0.4, -0.2) is 50.0 Å². The Morgan fingerprint density at radius 2 is 1.73 bits per heavy atom. The maximum atomic E-state index is 12.8. The van der Waals surface area contributed by atoms with Crippen LogP contribution < -0.4 is 22.6 Å². The van der Waals surface area contributed by atoms with E-state index in [1.807, 2.05) is 39.3 Å². The van der Waals surface area contributed by atoms with E-state index in [9.17, 15) is 9.90 Å². The monoisotopic (exact) mass is 413 g/mol. The zero-order valence-electron chi connectivity index (χ0n) is 14.8. The Labute approximate surface area is 167 Å². The summed E-state index contributed by atoms with van der Waals surface area (Å²) in [6, 6.07) is 10.8. The number of halogens is 2. The highest BCUT2D eigenvalue weighted by Gasteiger charge is 2.16. The van der Waals surface area contributed by atoms with E-state index in [0.29, 0.717) is 32.6 Å². The maximum Gasteiger partial charge on any atom is 0.196 e. The molecule has 0 spiro atoms. The first kappa shape index (κ1) is 20.9. The SMILES string of the molecule is C[N+](C)(C)CC(O)COc1ccc2sc3ccc(Cl)cc3c(=O)c2c1.[Cl-]. The van der Waals surface area contributed by atoms with Gasteiger partial charge in [-0.25, -0.2) is 0 Å². The largest absolute Gasteiger partial charge is 1.00 e. The molecule has 1 atom stereocenters. The highest BCUT2D eigenvalue weighted by atomic mass is 35.5. The van der Waals surface area contributed by atoms with Crippen LogP contribution in [-0.2, 0) is 0 Å². The number of hydrogen-bond acceptors (Lipinski definition) is 4. The molecule has 1 unspecified atom stereocenters. The van der Waals surface area contributed by atoms with Crippen molar-refractivity contribution >= 4 is 43.1 Å². The predicted octanol–water partition coefficient (Wildman–Crippen LogP) is 0.518. The lowest BCUT2D eigenvalue weighted by atomic mass is 10.2. The third-order valence-electron chi connectivity index (χ3n) is 3.80. The molecule has 0 saturated heterocycles. The number of hydrogen-bond donors (Lipinski definition) is 1. The third-order valence-corrected chi connectivity index (χ3v) is 5.19. The summed E-state index contributed by atoms with van der Waals surface area (Å²) in [7, 11) is 6.04. The van der Waals surface area contributed by atoms with Crippen LogP contribution in [0.15, 0.2) is 41.2 Å². The number of aliphatic hydroxyl groups is 1. The molecule has 7 heteroatoms. The molecule has 2 aromatic carbocycles. The molecule has 0 radical (unpaired) electrons. The van der Waals surface area contributed by atoms with Crippen LogP contribution in [0.1, 0.15) is 0 Å². The molecule has 140 valence electrons. The molecule has 0 amide bonds. The fourth-order valence-electron chi connectivity index (χ4n) is 2.77. The van der Waals surface area contributed by atoms with Crippen molar-refractivity contribution in [3.63, 3.8) is 0 Å². The van der Waals surface area contributed by atoms with Crippen molar-refractivity contribution in [2.45, 2.75) is 6.10 Å². The van der Waals surface area contributed by atoms with Crippen molar-refractivity contribution in [3.05, 3.63) is 51.6 Å². The molecule has 0 bridgehead atoms. The van der Waals surface area contributed by atoms with E-state index >= 15 is 0 Å². The minimum absolute atomic E-state index is 0. The lowest BCUT2D eigenvalue weighted by Gasteiger charge is -2.26. The molecule has 0 saturated carbocycles. The van der Waals surface area contributed by atoms with Gasteiger partial charge < -0.3 is 26.7 Å². The zero-order chi connectivity index (χ0) is 18.2. The van der Waals surface area contributed by atoms with E-state index in [0.717, 1.165) is 9.40 Å². The number of aliphatic hydroxyl groups excluding tert-OH is 1. The summed E-state index contributed by atoms with van der Waals surface area (Å²) in [5, 5.41) is 11.8. The van der Waals surface area contributed by atoms with Gasteiger partial charge in [-0.1, -0.05) is 11.6 Å². The normalized spacial score (nSPS) is 12.8. The number of nitrogens with zero attached hydrogens (tertiary/aromatic N) is 1. The van der Waals surface area contributed by atoms with Gasteiger partial charge in [-0.05, 0) is 36.4 Å². The van der Waals surface area contributed by atoms with Gasteiger partial charge in [-0.15, -0.1) is 11.3 Å². The first-order valence-electron chi connectivity index (χ1n) is 8.00. The van der Waals surface area contributed by atoms with E-state index in [1.54, 1.807) is 29.5 Å². The van der Waals surface area contributed by atoms with Crippen molar-refractivity contribution in [1.82, 2.24) is 0 Å². The lowest BCUT2D eigenvalue weighted by Crippen LogP contribution is -3.00. The number of ether oxygens (including phenoxy) is 1. The molecule has 26 heavy (non-hydrogen) atoms. The molecule has 1 heterocycles. The minimum atomic E-state index is -0.569. The number of likely N-dealkylation sites (N-methyl/N-ethyl adjacent to an activating group) is 1. The smallest absolute Gasteiger partial charge is 0.196 e. The number of benzene rings is 2. The quantitative estimate of drug-likeness (QED) is 0.489. The first-order chi connectivity index (χ1) is 11.7. The van der Waals surface area contributed by atoms with Crippen molar-refractivity contribution in [1.29, 1.82) is 0 Å². The first-order valence-corrected chi connectivity index (χ1v) is 9.20. The summed E-state index contributed by atoms with van der Waals surface area (Å²) >= 11 is 7.57. The minimum Gasteiger partial charge on any atom is -1.00 e. The van der Waals surface area contributed by atoms with Gasteiger partial charge in [0.15, 0.2) is 5.43 Å². The van der Waals surface area contributed by atoms with Crippen LogP contribution in [0, 0.1) is 0 Å². The fourth-order valence-corrected chi connectivity index (χ4v) is 3.98. The molecule has 0 aliphatic heterocycles. The van der Waals surface area contributed by atoms with Crippen molar-refractivity contribution in [2.24, 2.45) is 0 Å². The number of rotatable bonds is 5. The lowest BCUT2D eigenvalue weighted by molar-refractivity contribution is -0.873. The van der Waals surface area contributed by atoms with Crippen LogP contribution >= 0.6 is 22.9 Å². The van der Waals surface area contributed by atoms with Gasteiger partial charge in [0.1, 0.15) is 25.0 Å². The standard InChI is InChI=1S/C19H21ClNO3S.ClH/c1-21(2,3)10-13(22)11-24-14-5-7-18-16(9-14)19(23)15-8-12(20)4-6-17(15)25-18;/h4-9,13,22H,10-11H2,1-3H3;1H/q+1;/p-1. The van der Waals surface area contributed by atoms with E-state index in [4.69, 9.17) is 16.3 Å². The molecule has 1 aromatic heterocycles. The highest BCUT2D eigenvalue weighted by molar-refractivity contribution is 7.24. The van der Waals surface area contributed by atoms with Crippen LogP contribution in [0.25, 0.3) is 20.2 Å². The van der Waals surface area contributed by atoms with Gasteiger partial charge >= 0.3 is 0 Å². The topological polar surface area (TPSA) is 46.5 Å². The predicted molar refractivity (Wildman–Crippen MR) is 105 cm³/mol. The van der Waals surface area contributed by atoms with E-state index in [1.165, 1.54) is 0 Å². The molecule has 1 N–H and O–H groups in total. The highest BCUT2D eigenvalue weighted by Crippen LogP contribution is 2.28. The number of fused-ring (bicyclic) bond motifs is 2. The van der Waals surface area contributed by atoms with Gasteiger partial charge in [0.05, 0.1) is 21.1 Å². The van der Waals surface area contributed by atoms with Gasteiger partial charge in [0, 0.05) is 25.2 Å². The van der Waals surface area contributed by atoms with Crippen molar-refractivity contribution in [3.8, 4) is 5.75 Å². The summed E-state index contributed by atoms with van der Waals surface area (Å²) in [5.41, 5.74) is -0.0522. The second kappa shape index (κ2) is 8.11. The fraction of sp³-hybridized carbons (Fsp3) is 0.316. The maximum absolute atomic E-state index is 12.8. The molecule has 0 fully saturated rings. The Balaban J connectivity index is 0.00000243.